The van der Waals surface area contributed by atoms with Gasteiger partial charge in [0.1, 0.15) is 17.6 Å². The molecule has 3 heteroatoms. The number of rotatable bonds is 2. The number of fused-ring (bicyclic) bond motifs is 5. The molecule has 0 spiro atoms. The van der Waals surface area contributed by atoms with Crippen molar-refractivity contribution in [2.45, 2.75) is 0 Å². The predicted molar refractivity (Wildman–Crippen MR) is 100 cm³/mol. The minimum atomic E-state index is 0.868. The Bertz CT molecular complexity index is 1220. The van der Waals surface area contributed by atoms with E-state index in [-0.39, 0.29) is 0 Å². The van der Waals surface area contributed by atoms with E-state index in [4.69, 9.17) is 4.74 Å². The molecule has 0 aliphatic heterocycles. The van der Waals surface area contributed by atoms with Crippen molar-refractivity contribution < 1.29 is 9.14 Å². The molecular formula is C22H17N2O+. The van der Waals surface area contributed by atoms with Crippen molar-refractivity contribution in [2.24, 2.45) is 0 Å². The zero-order valence-electron chi connectivity index (χ0n) is 13.9. The average molecular weight is 325 g/mol. The van der Waals surface area contributed by atoms with Crippen molar-refractivity contribution in [1.82, 2.24) is 4.40 Å². The van der Waals surface area contributed by atoms with E-state index >= 15 is 0 Å². The molecule has 0 bridgehead atoms. The molecule has 5 rings (SSSR count). The summed E-state index contributed by atoms with van der Waals surface area (Å²) in [4.78, 5) is 0. The summed E-state index contributed by atoms with van der Waals surface area (Å²) in [6, 6.07) is 25.3. The summed E-state index contributed by atoms with van der Waals surface area (Å²) in [5.74, 6) is 0.868. The van der Waals surface area contributed by atoms with Crippen molar-refractivity contribution in [1.29, 1.82) is 0 Å². The first-order chi connectivity index (χ1) is 12.3. The molecule has 0 radical (unpaired) electrons. The lowest BCUT2D eigenvalue weighted by atomic mass is 10.1. The molecule has 3 aromatic heterocycles. The summed E-state index contributed by atoms with van der Waals surface area (Å²) < 4.78 is 9.81. The fourth-order valence-electron chi connectivity index (χ4n) is 3.54. The number of imidazole rings is 1. The standard InChI is InChI=1S/C22H17N2O/c1-25-18-11-9-16(10-12-18)20-14-17-6-2-3-7-19(17)21-15-23-13-5-4-8-22(23)24(20)21/h2-15H,1H3/q+1. The molecule has 0 aliphatic carbocycles. The molecule has 0 saturated carbocycles. The Hall–Kier alpha value is -3.33. The molecule has 0 N–H and O–H groups in total. The van der Waals surface area contributed by atoms with Crippen LogP contribution in [0.15, 0.2) is 85.2 Å². The van der Waals surface area contributed by atoms with Crippen LogP contribution in [0, 0.1) is 0 Å². The Morgan fingerprint density at radius 1 is 0.880 bits per heavy atom. The second-order valence-corrected chi connectivity index (χ2v) is 6.16. The number of pyridine rings is 2. The Labute approximate surface area is 145 Å². The van der Waals surface area contributed by atoms with E-state index < -0.39 is 0 Å². The molecular weight excluding hydrogens is 308 g/mol. The van der Waals surface area contributed by atoms with Crippen LogP contribution < -0.4 is 9.14 Å². The molecule has 3 nitrogen and oxygen atoms in total. The number of aromatic nitrogens is 2. The summed E-state index contributed by atoms with van der Waals surface area (Å²) in [5, 5.41) is 2.49. The van der Waals surface area contributed by atoms with Gasteiger partial charge in [0.15, 0.2) is 5.52 Å². The van der Waals surface area contributed by atoms with E-state index in [0.29, 0.717) is 0 Å². The van der Waals surface area contributed by atoms with Crippen LogP contribution in [0.2, 0.25) is 0 Å². The van der Waals surface area contributed by atoms with Crippen molar-refractivity contribution in [3.63, 3.8) is 0 Å². The van der Waals surface area contributed by atoms with Crippen LogP contribution in [0.4, 0.5) is 0 Å². The van der Waals surface area contributed by atoms with Crippen molar-refractivity contribution in [2.75, 3.05) is 7.11 Å². The van der Waals surface area contributed by atoms with Gasteiger partial charge in [-0.25, -0.2) is 4.40 Å². The van der Waals surface area contributed by atoms with Gasteiger partial charge in [0.25, 0.3) is 5.65 Å². The highest BCUT2D eigenvalue weighted by Crippen LogP contribution is 2.30. The third-order valence-electron chi connectivity index (χ3n) is 4.75. The lowest BCUT2D eigenvalue weighted by Gasteiger charge is -2.06. The second kappa shape index (κ2) is 5.35. The topological polar surface area (TPSA) is 17.7 Å². The maximum absolute atomic E-state index is 5.31. The predicted octanol–water partition coefficient (Wildman–Crippen LogP) is 4.51. The van der Waals surface area contributed by atoms with Gasteiger partial charge < -0.3 is 4.74 Å². The van der Waals surface area contributed by atoms with Gasteiger partial charge in [-0.1, -0.05) is 24.3 Å². The molecule has 5 aromatic rings. The van der Waals surface area contributed by atoms with Gasteiger partial charge in [-0.3, -0.25) is 0 Å². The summed E-state index contributed by atoms with van der Waals surface area (Å²) in [5.41, 5.74) is 4.69. The number of hydrogen-bond donors (Lipinski definition) is 0. The zero-order valence-corrected chi connectivity index (χ0v) is 13.9. The van der Waals surface area contributed by atoms with Crippen molar-refractivity contribution in [3.05, 3.63) is 85.2 Å². The third-order valence-corrected chi connectivity index (χ3v) is 4.75. The van der Waals surface area contributed by atoms with Crippen LogP contribution in [-0.4, -0.2) is 11.5 Å². The van der Waals surface area contributed by atoms with Gasteiger partial charge in [-0.2, -0.15) is 4.40 Å². The molecule has 0 unspecified atom stereocenters. The molecule has 3 heterocycles. The fourth-order valence-corrected chi connectivity index (χ4v) is 3.54. The first-order valence-electron chi connectivity index (χ1n) is 8.33. The van der Waals surface area contributed by atoms with Crippen molar-refractivity contribution in [3.8, 4) is 17.0 Å². The Morgan fingerprint density at radius 3 is 2.52 bits per heavy atom. The number of ether oxygens (including phenoxy) is 1. The normalized spacial score (nSPS) is 11.4. The Balaban J connectivity index is 1.95. The van der Waals surface area contributed by atoms with Crippen LogP contribution in [-0.2, 0) is 0 Å². The average Bonchev–Trinajstić information content (AvgIpc) is 3.07. The number of nitrogens with zero attached hydrogens (tertiary/aromatic N) is 2. The first kappa shape index (κ1) is 14.1. The van der Waals surface area contributed by atoms with Gasteiger partial charge in [0.05, 0.1) is 13.3 Å². The molecule has 0 saturated heterocycles. The highest BCUT2D eigenvalue weighted by molar-refractivity contribution is 5.99. The number of methoxy groups -OCH3 is 1. The molecule has 0 atom stereocenters. The van der Waals surface area contributed by atoms with E-state index in [0.717, 1.165) is 11.4 Å². The van der Waals surface area contributed by atoms with E-state index in [1.165, 1.54) is 27.5 Å². The van der Waals surface area contributed by atoms with Crippen LogP contribution in [0.3, 0.4) is 0 Å². The van der Waals surface area contributed by atoms with Crippen molar-refractivity contribution >= 4 is 21.9 Å². The monoisotopic (exact) mass is 325 g/mol. The van der Waals surface area contributed by atoms with Gasteiger partial charge in [0, 0.05) is 17.0 Å². The van der Waals surface area contributed by atoms with Gasteiger partial charge >= 0.3 is 0 Å². The van der Waals surface area contributed by atoms with E-state index in [9.17, 15) is 0 Å². The lowest BCUT2D eigenvalue weighted by molar-refractivity contribution is -0.509. The number of benzene rings is 2. The van der Waals surface area contributed by atoms with Crippen LogP contribution >= 0.6 is 0 Å². The Kier molecular flexibility index (Phi) is 3.01. The molecule has 0 aliphatic rings. The van der Waals surface area contributed by atoms with Crippen LogP contribution in [0.5, 0.6) is 5.75 Å². The minimum absolute atomic E-state index is 0.868. The number of hydrogen-bond acceptors (Lipinski definition) is 1. The van der Waals surface area contributed by atoms with Gasteiger partial charge in [-0.15, -0.1) is 0 Å². The maximum Gasteiger partial charge on any atom is 0.291 e. The van der Waals surface area contributed by atoms with Gasteiger partial charge in [0.2, 0.25) is 0 Å². The lowest BCUT2D eigenvalue weighted by Crippen LogP contribution is -2.16. The molecule has 0 amide bonds. The SMILES string of the molecule is COc1ccc(-c2cc3ccccc3c3c[n+]4ccccc4n23)cc1. The maximum atomic E-state index is 5.31. The Morgan fingerprint density at radius 2 is 1.68 bits per heavy atom. The fraction of sp³-hybridized carbons (Fsp3) is 0.0455. The molecule has 25 heavy (non-hydrogen) atoms. The second-order valence-electron chi connectivity index (χ2n) is 6.16. The summed E-state index contributed by atoms with van der Waals surface area (Å²) >= 11 is 0. The van der Waals surface area contributed by atoms with E-state index in [2.05, 4.69) is 81.9 Å². The van der Waals surface area contributed by atoms with Crippen LogP contribution in [0.25, 0.3) is 33.2 Å². The summed E-state index contributed by atoms with van der Waals surface area (Å²) in [6.45, 7) is 0. The molecule has 2 aromatic carbocycles. The third kappa shape index (κ3) is 2.09. The quantitative estimate of drug-likeness (QED) is 0.437. The van der Waals surface area contributed by atoms with Gasteiger partial charge in [-0.05, 0) is 47.9 Å². The zero-order chi connectivity index (χ0) is 16.8. The smallest absolute Gasteiger partial charge is 0.291 e. The molecule has 120 valence electrons. The highest BCUT2D eigenvalue weighted by atomic mass is 16.5. The first-order valence-corrected chi connectivity index (χ1v) is 8.33. The molecule has 0 fully saturated rings. The van der Waals surface area contributed by atoms with E-state index in [1.807, 2.05) is 12.1 Å². The van der Waals surface area contributed by atoms with E-state index in [1.54, 1.807) is 7.11 Å². The largest absolute Gasteiger partial charge is 0.497 e. The summed E-state index contributed by atoms with van der Waals surface area (Å²) in [6.07, 6.45) is 4.29. The highest BCUT2D eigenvalue weighted by Gasteiger charge is 2.19. The van der Waals surface area contributed by atoms with Crippen LogP contribution in [0.1, 0.15) is 0 Å². The minimum Gasteiger partial charge on any atom is -0.497 e. The summed E-state index contributed by atoms with van der Waals surface area (Å²) in [7, 11) is 1.69.